The highest BCUT2D eigenvalue weighted by Crippen LogP contribution is 2.36. The maximum atomic E-state index is 13.0. The Labute approximate surface area is 182 Å². The largest absolute Gasteiger partial charge is 0.504 e. The number of nitrogens with zero attached hydrogens (tertiary/aromatic N) is 1. The van der Waals surface area contributed by atoms with Crippen LogP contribution in [0.2, 0.25) is 0 Å². The minimum atomic E-state index is -0.731. The number of carbonyl (C=O) groups is 2. The maximum absolute atomic E-state index is 13.0. The summed E-state index contributed by atoms with van der Waals surface area (Å²) >= 11 is 0. The Bertz CT molecular complexity index is 985. The fourth-order valence-corrected chi connectivity index (χ4v) is 3.51. The van der Waals surface area contributed by atoms with Crippen LogP contribution in [0.1, 0.15) is 44.9 Å². The molecule has 1 unspecified atom stereocenters. The SMILES string of the molecule is CCOc1cc(C2NC(=O)N(Cc3ccccc3)C(C)=C2C(=O)OC(C)C)ccc1O. The number of phenolic OH excluding ortho intramolecular Hbond substituents is 1. The third-order valence-corrected chi connectivity index (χ3v) is 4.96. The first-order valence-corrected chi connectivity index (χ1v) is 10.3. The van der Waals surface area contributed by atoms with Gasteiger partial charge in [0.2, 0.25) is 0 Å². The fraction of sp³-hybridized carbons (Fsp3) is 0.333. The molecule has 2 aromatic carbocycles. The van der Waals surface area contributed by atoms with Gasteiger partial charge in [-0.15, -0.1) is 0 Å². The lowest BCUT2D eigenvalue weighted by atomic mass is 9.94. The number of rotatable bonds is 7. The smallest absolute Gasteiger partial charge is 0.338 e. The first kappa shape index (κ1) is 22.2. The normalized spacial score (nSPS) is 16.4. The quantitative estimate of drug-likeness (QED) is 0.648. The third kappa shape index (κ3) is 4.99. The average Bonchev–Trinajstić information content (AvgIpc) is 2.72. The number of urea groups is 1. The number of hydrogen-bond donors (Lipinski definition) is 2. The Morgan fingerprint density at radius 1 is 1.19 bits per heavy atom. The summed E-state index contributed by atoms with van der Waals surface area (Å²) in [5, 5.41) is 13.0. The molecule has 0 radical (unpaired) electrons. The molecule has 164 valence electrons. The van der Waals surface area contributed by atoms with Crippen LogP contribution < -0.4 is 10.1 Å². The van der Waals surface area contributed by atoms with E-state index >= 15 is 0 Å². The van der Waals surface area contributed by atoms with E-state index < -0.39 is 12.0 Å². The van der Waals surface area contributed by atoms with Crippen molar-refractivity contribution in [2.75, 3.05) is 6.61 Å². The molecule has 1 aliphatic rings. The zero-order valence-electron chi connectivity index (χ0n) is 18.2. The number of amides is 2. The summed E-state index contributed by atoms with van der Waals surface area (Å²) in [4.78, 5) is 27.6. The molecule has 0 aliphatic carbocycles. The Hall–Kier alpha value is -3.48. The van der Waals surface area contributed by atoms with Gasteiger partial charge in [-0.25, -0.2) is 9.59 Å². The third-order valence-electron chi connectivity index (χ3n) is 4.96. The molecular formula is C24H28N2O5. The minimum absolute atomic E-state index is 0.00884. The van der Waals surface area contributed by atoms with Crippen molar-refractivity contribution in [3.8, 4) is 11.5 Å². The predicted molar refractivity (Wildman–Crippen MR) is 116 cm³/mol. The molecular weight excluding hydrogens is 396 g/mol. The molecule has 3 rings (SSSR count). The second kappa shape index (κ2) is 9.55. The standard InChI is InChI=1S/C24H28N2O5/c1-5-30-20-13-18(11-12-19(20)27)22-21(23(28)31-15(2)3)16(4)26(24(29)25-22)14-17-9-7-6-8-10-17/h6-13,15,22,27H,5,14H2,1-4H3,(H,25,29). The van der Waals surface area contributed by atoms with E-state index in [0.29, 0.717) is 30.0 Å². The first-order chi connectivity index (χ1) is 14.8. The molecule has 7 heteroatoms. The molecule has 7 nitrogen and oxygen atoms in total. The first-order valence-electron chi connectivity index (χ1n) is 10.3. The van der Waals surface area contributed by atoms with Crippen molar-refractivity contribution in [2.45, 2.75) is 46.4 Å². The van der Waals surface area contributed by atoms with Gasteiger partial charge in [0.05, 0.1) is 30.9 Å². The van der Waals surface area contributed by atoms with Crippen molar-refractivity contribution >= 4 is 12.0 Å². The van der Waals surface area contributed by atoms with Crippen LogP contribution in [-0.2, 0) is 16.1 Å². The molecule has 31 heavy (non-hydrogen) atoms. The maximum Gasteiger partial charge on any atom is 0.338 e. The molecule has 2 amide bonds. The Morgan fingerprint density at radius 3 is 2.55 bits per heavy atom. The highest BCUT2D eigenvalue weighted by molar-refractivity contribution is 5.95. The van der Waals surface area contributed by atoms with E-state index in [1.54, 1.807) is 32.9 Å². The number of allylic oxidation sites excluding steroid dienone is 1. The van der Waals surface area contributed by atoms with E-state index in [1.807, 2.05) is 37.3 Å². The van der Waals surface area contributed by atoms with Crippen LogP contribution in [-0.4, -0.2) is 34.7 Å². The Morgan fingerprint density at radius 2 is 1.90 bits per heavy atom. The van der Waals surface area contributed by atoms with Gasteiger partial charge in [0.1, 0.15) is 0 Å². The van der Waals surface area contributed by atoms with Crippen LogP contribution in [0.4, 0.5) is 4.79 Å². The van der Waals surface area contributed by atoms with Crippen LogP contribution in [0.15, 0.2) is 59.8 Å². The number of ether oxygens (including phenoxy) is 2. The van der Waals surface area contributed by atoms with E-state index in [1.165, 1.54) is 11.0 Å². The highest BCUT2D eigenvalue weighted by Gasteiger charge is 2.37. The number of phenols is 1. The molecule has 0 spiro atoms. The van der Waals surface area contributed by atoms with E-state index in [2.05, 4.69) is 5.32 Å². The summed E-state index contributed by atoms with van der Waals surface area (Å²) < 4.78 is 11.0. The van der Waals surface area contributed by atoms with Gasteiger partial charge in [-0.1, -0.05) is 36.4 Å². The van der Waals surface area contributed by atoms with Crippen LogP contribution >= 0.6 is 0 Å². The van der Waals surface area contributed by atoms with E-state index in [0.717, 1.165) is 5.56 Å². The second-order valence-electron chi connectivity index (χ2n) is 7.57. The molecule has 1 heterocycles. The Balaban J connectivity index is 2.05. The number of carbonyl (C=O) groups excluding carboxylic acids is 2. The average molecular weight is 424 g/mol. The van der Waals surface area contributed by atoms with Gasteiger partial charge in [0.25, 0.3) is 0 Å². The van der Waals surface area contributed by atoms with Crippen LogP contribution in [0.25, 0.3) is 0 Å². The zero-order chi connectivity index (χ0) is 22.5. The van der Waals surface area contributed by atoms with E-state index in [9.17, 15) is 14.7 Å². The topological polar surface area (TPSA) is 88.1 Å². The molecule has 0 fully saturated rings. The number of nitrogens with one attached hydrogen (secondary N) is 1. The van der Waals surface area contributed by atoms with Gasteiger partial charge in [0.15, 0.2) is 11.5 Å². The Kier molecular flexibility index (Phi) is 6.84. The van der Waals surface area contributed by atoms with Crippen LogP contribution in [0.3, 0.4) is 0 Å². The van der Waals surface area contributed by atoms with Crippen molar-refractivity contribution in [2.24, 2.45) is 0 Å². The van der Waals surface area contributed by atoms with E-state index in [4.69, 9.17) is 9.47 Å². The molecule has 1 aliphatic heterocycles. The number of esters is 1. The van der Waals surface area contributed by atoms with Gasteiger partial charge in [-0.2, -0.15) is 0 Å². The van der Waals surface area contributed by atoms with Gasteiger partial charge in [0, 0.05) is 5.70 Å². The lowest BCUT2D eigenvalue weighted by Gasteiger charge is -2.35. The summed E-state index contributed by atoms with van der Waals surface area (Å²) in [6.45, 7) is 7.81. The summed E-state index contributed by atoms with van der Waals surface area (Å²) in [6.07, 6.45) is -0.313. The van der Waals surface area contributed by atoms with Crippen molar-refractivity contribution in [1.29, 1.82) is 0 Å². The summed E-state index contributed by atoms with van der Waals surface area (Å²) in [5.74, 6) is -0.220. The molecule has 2 N–H and O–H groups in total. The summed E-state index contributed by atoms with van der Waals surface area (Å²) in [5.41, 5.74) is 2.42. The molecule has 1 atom stereocenters. The van der Waals surface area contributed by atoms with Crippen molar-refractivity contribution in [1.82, 2.24) is 10.2 Å². The van der Waals surface area contributed by atoms with Gasteiger partial charge in [-0.05, 0) is 51.0 Å². The van der Waals surface area contributed by atoms with Gasteiger partial charge < -0.3 is 19.9 Å². The van der Waals surface area contributed by atoms with E-state index in [-0.39, 0.29) is 23.6 Å². The van der Waals surface area contributed by atoms with Crippen LogP contribution in [0.5, 0.6) is 11.5 Å². The number of aromatic hydroxyl groups is 1. The number of hydrogen-bond acceptors (Lipinski definition) is 5. The molecule has 0 saturated carbocycles. The minimum Gasteiger partial charge on any atom is -0.504 e. The highest BCUT2D eigenvalue weighted by atomic mass is 16.5. The predicted octanol–water partition coefficient (Wildman–Crippen LogP) is 4.28. The monoisotopic (exact) mass is 424 g/mol. The fourth-order valence-electron chi connectivity index (χ4n) is 3.51. The van der Waals surface area contributed by atoms with Crippen molar-refractivity contribution in [3.63, 3.8) is 0 Å². The lowest BCUT2D eigenvalue weighted by Crippen LogP contribution is -2.47. The lowest BCUT2D eigenvalue weighted by molar-refractivity contribution is -0.143. The molecule has 0 saturated heterocycles. The van der Waals surface area contributed by atoms with Crippen molar-refractivity contribution in [3.05, 3.63) is 70.9 Å². The van der Waals surface area contributed by atoms with Crippen molar-refractivity contribution < 1.29 is 24.2 Å². The molecule has 0 aromatic heterocycles. The zero-order valence-corrected chi connectivity index (χ0v) is 18.2. The van der Waals surface area contributed by atoms with Gasteiger partial charge in [-0.3, -0.25) is 4.90 Å². The van der Waals surface area contributed by atoms with Crippen LogP contribution in [0, 0.1) is 0 Å². The number of benzene rings is 2. The molecule has 2 aromatic rings. The molecule has 0 bridgehead atoms. The van der Waals surface area contributed by atoms with Gasteiger partial charge >= 0.3 is 12.0 Å². The second-order valence-corrected chi connectivity index (χ2v) is 7.57. The summed E-state index contributed by atoms with van der Waals surface area (Å²) in [7, 11) is 0. The summed E-state index contributed by atoms with van der Waals surface area (Å²) in [6, 6.07) is 13.3.